The van der Waals surface area contributed by atoms with Crippen molar-refractivity contribution in [3.05, 3.63) is 64.2 Å². The molecule has 2 aromatic carbocycles. The Morgan fingerprint density at radius 3 is 2.72 bits per heavy atom. The average molecular weight is 394 g/mol. The summed E-state index contributed by atoms with van der Waals surface area (Å²) in [4.78, 5) is 25.5. The third-order valence-electron chi connectivity index (χ3n) is 3.85. The van der Waals surface area contributed by atoms with Gasteiger partial charge in [-0.2, -0.15) is 9.90 Å². The summed E-state index contributed by atoms with van der Waals surface area (Å²) in [6.07, 6.45) is 1.33. The number of hydrogen-bond acceptors (Lipinski definition) is 8. The van der Waals surface area contributed by atoms with E-state index in [9.17, 15) is 14.9 Å². The number of carbonyl (C=O) groups excluding carboxylic acids is 1. The van der Waals surface area contributed by atoms with Crippen LogP contribution in [0.5, 0.6) is 0 Å². The molecule has 0 saturated carbocycles. The van der Waals surface area contributed by atoms with Gasteiger partial charge in [-0.1, -0.05) is 36.4 Å². The molecule has 0 spiro atoms. The minimum absolute atomic E-state index is 0.0504. The molecule has 3 rings (SSSR count). The van der Waals surface area contributed by atoms with Gasteiger partial charge in [-0.25, -0.2) is 5.43 Å². The molecule has 29 heavy (non-hydrogen) atoms. The first-order chi connectivity index (χ1) is 13.9. The van der Waals surface area contributed by atoms with Crippen LogP contribution in [0, 0.1) is 10.1 Å². The molecule has 0 fully saturated rings. The molecule has 0 unspecified atom stereocenters. The number of anilines is 1. The van der Waals surface area contributed by atoms with Crippen molar-refractivity contribution in [2.75, 3.05) is 19.0 Å². The number of tetrazole rings is 1. The molecule has 1 aromatic heterocycles. The molecule has 0 aliphatic heterocycles. The molecule has 3 aromatic rings. The zero-order chi connectivity index (χ0) is 20.8. The molecular weight excluding hydrogens is 376 g/mol. The predicted octanol–water partition coefficient (Wildman–Crippen LogP) is 1.46. The fourth-order valence-electron chi connectivity index (χ4n) is 2.50. The van der Waals surface area contributed by atoms with Crippen LogP contribution in [0.1, 0.15) is 5.56 Å². The predicted molar refractivity (Wildman–Crippen MR) is 106 cm³/mol. The van der Waals surface area contributed by atoms with Gasteiger partial charge in [-0.15, -0.1) is 10.2 Å². The monoisotopic (exact) mass is 394 g/mol. The number of nitrogens with one attached hydrogen (secondary N) is 1. The number of aromatic nitrogens is 4. The van der Waals surface area contributed by atoms with Crippen LogP contribution in [0.25, 0.3) is 11.4 Å². The summed E-state index contributed by atoms with van der Waals surface area (Å²) in [5.74, 6) is -0.0483. The fourth-order valence-corrected chi connectivity index (χ4v) is 2.50. The summed E-state index contributed by atoms with van der Waals surface area (Å²) in [6, 6.07) is 13.9. The van der Waals surface area contributed by atoms with Gasteiger partial charge >= 0.3 is 0 Å². The zero-order valence-electron chi connectivity index (χ0n) is 15.8. The quantitative estimate of drug-likeness (QED) is 0.364. The smallest absolute Gasteiger partial charge is 0.293 e. The summed E-state index contributed by atoms with van der Waals surface area (Å²) in [5.41, 5.74) is 4.03. The van der Waals surface area contributed by atoms with Gasteiger partial charge in [0.2, 0.25) is 5.82 Å². The van der Waals surface area contributed by atoms with Gasteiger partial charge in [0.05, 0.1) is 11.1 Å². The van der Waals surface area contributed by atoms with Gasteiger partial charge in [-0.05, 0) is 11.3 Å². The van der Waals surface area contributed by atoms with Gasteiger partial charge in [-0.3, -0.25) is 14.9 Å². The normalized spacial score (nSPS) is 10.8. The lowest BCUT2D eigenvalue weighted by atomic mass is 10.2. The highest BCUT2D eigenvalue weighted by molar-refractivity contribution is 5.84. The number of rotatable bonds is 7. The van der Waals surface area contributed by atoms with Gasteiger partial charge in [0, 0.05) is 31.3 Å². The van der Waals surface area contributed by atoms with Crippen molar-refractivity contribution < 1.29 is 9.72 Å². The van der Waals surface area contributed by atoms with Crippen LogP contribution in [0.2, 0.25) is 0 Å². The molecule has 0 aliphatic carbocycles. The molecule has 0 atom stereocenters. The van der Waals surface area contributed by atoms with Crippen molar-refractivity contribution in [1.29, 1.82) is 0 Å². The maximum Gasteiger partial charge on any atom is 0.293 e. The van der Waals surface area contributed by atoms with E-state index in [1.165, 1.54) is 12.3 Å². The number of carbonyl (C=O) groups is 1. The van der Waals surface area contributed by atoms with Gasteiger partial charge < -0.3 is 4.90 Å². The van der Waals surface area contributed by atoms with Crippen LogP contribution in [-0.4, -0.2) is 51.3 Å². The molecule has 0 saturated heterocycles. The van der Waals surface area contributed by atoms with Crippen LogP contribution >= 0.6 is 0 Å². The van der Waals surface area contributed by atoms with E-state index in [0.29, 0.717) is 17.1 Å². The van der Waals surface area contributed by atoms with Crippen LogP contribution in [-0.2, 0) is 11.3 Å². The van der Waals surface area contributed by atoms with E-state index in [0.717, 1.165) is 10.4 Å². The van der Waals surface area contributed by atoms with E-state index in [2.05, 4.69) is 25.9 Å². The first-order valence-electron chi connectivity index (χ1n) is 8.55. The molecule has 1 N–H and O–H groups in total. The first-order valence-corrected chi connectivity index (χ1v) is 8.55. The van der Waals surface area contributed by atoms with Crippen molar-refractivity contribution in [2.45, 2.75) is 6.54 Å². The minimum atomic E-state index is -0.466. The fraction of sp³-hybridized carbons (Fsp3) is 0.167. The summed E-state index contributed by atoms with van der Waals surface area (Å²) < 4.78 is 0. The number of nitrogens with zero attached hydrogens (tertiary/aromatic N) is 7. The van der Waals surface area contributed by atoms with E-state index >= 15 is 0 Å². The van der Waals surface area contributed by atoms with Crippen LogP contribution in [0.3, 0.4) is 0 Å². The molecular formula is C18H18N8O3. The van der Waals surface area contributed by atoms with Crippen molar-refractivity contribution in [1.82, 2.24) is 25.6 Å². The number of amides is 1. The van der Waals surface area contributed by atoms with Crippen LogP contribution in [0.15, 0.2) is 53.6 Å². The van der Waals surface area contributed by atoms with Crippen molar-refractivity contribution in [2.24, 2.45) is 5.10 Å². The molecule has 148 valence electrons. The van der Waals surface area contributed by atoms with E-state index in [-0.39, 0.29) is 12.2 Å². The SMILES string of the molecule is CN(C)c1ccc(/C=N\NC(=O)Cn2nnc(-c3ccccc3)n2)cc1[N+](=O)[O-]. The minimum Gasteiger partial charge on any atom is -0.372 e. The highest BCUT2D eigenvalue weighted by atomic mass is 16.6. The maximum absolute atomic E-state index is 12.0. The van der Waals surface area contributed by atoms with Gasteiger partial charge in [0.15, 0.2) is 0 Å². The molecule has 0 radical (unpaired) electrons. The molecule has 0 aliphatic rings. The summed E-state index contributed by atoms with van der Waals surface area (Å²) in [6.45, 7) is -0.170. The van der Waals surface area contributed by atoms with E-state index in [1.807, 2.05) is 30.3 Å². The lowest BCUT2D eigenvalue weighted by molar-refractivity contribution is -0.384. The number of hydrazone groups is 1. The highest BCUT2D eigenvalue weighted by Crippen LogP contribution is 2.27. The third-order valence-corrected chi connectivity index (χ3v) is 3.85. The summed E-state index contributed by atoms with van der Waals surface area (Å²) in [7, 11) is 3.44. The molecule has 11 nitrogen and oxygen atoms in total. The lowest BCUT2D eigenvalue weighted by Gasteiger charge is -2.12. The Morgan fingerprint density at radius 2 is 2.03 bits per heavy atom. The Balaban J connectivity index is 1.61. The first kappa shape index (κ1) is 19.6. The average Bonchev–Trinajstić information content (AvgIpc) is 3.16. The second-order valence-electron chi connectivity index (χ2n) is 6.20. The van der Waals surface area contributed by atoms with Gasteiger partial charge in [0.25, 0.3) is 11.6 Å². The molecule has 1 heterocycles. The van der Waals surface area contributed by atoms with E-state index in [4.69, 9.17) is 0 Å². The lowest BCUT2D eigenvalue weighted by Crippen LogP contribution is -2.24. The standard InChI is InChI=1S/C18H18N8O3/c1-24(2)15-9-8-13(10-16(15)26(28)29)11-19-20-17(27)12-25-22-18(21-23-25)14-6-4-3-5-7-14/h3-11H,12H2,1-2H3,(H,20,27)/b19-11-. The Bertz CT molecular complexity index is 1050. The second kappa shape index (κ2) is 8.69. The zero-order valence-corrected chi connectivity index (χ0v) is 15.8. The number of nitro benzene ring substituents is 1. The Labute approximate surface area is 165 Å². The molecule has 11 heteroatoms. The van der Waals surface area contributed by atoms with Crippen LogP contribution in [0.4, 0.5) is 11.4 Å². The van der Waals surface area contributed by atoms with Crippen molar-refractivity contribution in [3.8, 4) is 11.4 Å². The second-order valence-corrected chi connectivity index (χ2v) is 6.20. The van der Waals surface area contributed by atoms with E-state index in [1.54, 1.807) is 31.1 Å². The highest BCUT2D eigenvalue weighted by Gasteiger charge is 2.15. The Hall–Kier alpha value is -4.15. The number of nitro groups is 1. The maximum atomic E-state index is 12.0. The van der Waals surface area contributed by atoms with E-state index < -0.39 is 10.8 Å². The number of hydrogen-bond donors (Lipinski definition) is 1. The van der Waals surface area contributed by atoms with Crippen molar-refractivity contribution >= 4 is 23.5 Å². The summed E-state index contributed by atoms with van der Waals surface area (Å²) in [5, 5.41) is 26.9. The topological polar surface area (TPSA) is 131 Å². The third kappa shape index (κ3) is 4.97. The van der Waals surface area contributed by atoms with Gasteiger partial charge in [0.1, 0.15) is 12.2 Å². The summed E-state index contributed by atoms with van der Waals surface area (Å²) >= 11 is 0. The van der Waals surface area contributed by atoms with Crippen LogP contribution < -0.4 is 10.3 Å². The number of benzene rings is 2. The van der Waals surface area contributed by atoms with Crippen molar-refractivity contribution in [3.63, 3.8) is 0 Å². The molecule has 1 amide bonds. The Morgan fingerprint density at radius 1 is 1.28 bits per heavy atom. The largest absolute Gasteiger partial charge is 0.372 e. The molecule has 0 bridgehead atoms. The Kier molecular flexibility index (Phi) is 5.88.